The number of rotatable bonds is 5. The summed E-state index contributed by atoms with van der Waals surface area (Å²) < 4.78 is 0. The van der Waals surface area contributed by atoms with Crippen molar-refractivity contribution >= 4 is 23.2 Å². The molecule has 1 fully saturated rings. The Morgan fingerprint density at radius 1 is 1.45 bits per heavy atom. The normalized spacial score (nSPS) is 25.1. The van der Waals surface area contributed by atoms with Gasteiger partial charge >= 0.3 is 0 Å². The first kappa shape index (κ1) is 16.1. The van der Waals surface area contributed by atoms with Gasteiger partial charge in [0, 0.05) is 18.6 Å². The first-order valence-electron chi connectivity index (χ1n) is 7.09. The SMILES string of the molecule is CC1CCN(CCC(N)c2cccc(Cl)c2Cl)C1CO. The molecule has 0 radical (unpaired) electrons. The molecule has 1 aromatic carbocycles. The Bertz CT molecular complexity index is 455. The first-order valence-corrected chi connectivity index (χ1v) is 7.84. The number of nitrogens with two attached hydrogens (primary N) is 1. The van der Waals surface area contributed by atoms with E-state index in [1.807, 2.05) is 12.1 Å². The topological polar surface area (TPSA) is 49.5 Å². The van der Waals surface area contributed by atoms with Gasteiger partial charge in [0.15, 0.2) is 0 Å². The summed E-state index contributed by atoms with van der Waals surface area (Å²) in [6.45, 7) is 4.31. The van der Waals surface area contributed by atoms with Gasteiger partial charge in [-0.05, 0) is 36.9 Å². The van der Waals surface area contributed by atoms with Gasteiger partial charge in [-0.2, -0.15) is 0 Å². The van der Waals surface area contributed by atoms with Crippen LogP contribution in [-0.2, 0) is 0 Å². The number of aliphatic hydroxyl groups excluding tert-OH is 1. The largest absolute Gasteiger partial charge is 0.395 e. The summed E-state index contributed by atoms with van der Waals surface area (Å²) >= 11 is 12.2. The Kier molecular flexibility index (Phi) is 5.70. The fourth-order valence-corrected chi connectivity index (χ4v) is 3.38. The molecule has 112 valence electrons. The highest BCUT2D eigenvalue weighted by Crippen LogP contribution is 2.31. The Hall–Kier alpha value is -0.320. The lowest BCUT2D eigenvalue weighted by Gasteiger charge is -2.26. The Balaban J connectivity index is 1.95. The summed E-state index contributed by atoms with van der Waals surface area (Å²) in [4.78, 5) is 2.32. The molecule has 1 aromatic rings. The van der Waals surface area contributed by atoms with Crippen molar-refractivity contribution in [3.63, 3.8) is 0 Å². The van der Waals surface area contributed by atoms with E-state index in [1.165, 1.54) is 0 Å². The fourth-order valence-electron chi connectivity index (χ4n) is 2.93. The van der Waals surface area contributed by atoms with E-state index in [-0.39, 0.29) is 18.7 Å². The summed E-state index contributed by atoms with van der Waals surface area (Å²) in [6, 6.07) is 5.70. The Morgan fingerprint density at radius 3 is 2.90 bits per heavy atom. The quantitative estimate of drug-likeness (QED) is 0.877. The highest BCUT2D eigenvalue weighted by molar-refractivity contribution is 6.42. The van der Waals surface area contributed by atoms with E-state index in [0.717, 1.165) is 31.5 Å². The number of aliphatic hydroxyl groups is 1. The van der Waals surface area contributed by atoms with Crippen molar-refractivity contribution in [2.45, 2.75) is 31.8 Å². The molecule has 0 aliphatic carbocycles. The standard InChI is InChI=1S/C15H22Cl2N2O/c1-10-5-7-19(14(10)9-20)8-6-13(18)11-3-2-4-12(16)15(11)17/h2-4,10,13-14,20H,5-9,18H2,1H3. The molecule has 0 bridgehead atoms. The Labute approximate surface area is 130 Å². The van der Waals surface area contributed by atoms with Crippen LogP contribution in [0.1, 0.15) is 31.4 Å². The zero-order valence-corrected chi connectivity index (χ0v) is 13.2. The van der Waals surface area contributed by atoms with Crippen molar-refractivity contribution in [3.8, 4) is 0 Å². The van der Waals surface area contributed by atoms with Crippen molar-refractivity contribution < 1.29 is 5.11 Å². The second-order valence-corrected chi connectivity index (χ2v) is 6.38. The highest BCUT2D eigenvalue weighted by atomic mass is 35.5. The van der Waals surface area contributed by atoms with Crippen LogP contribution in [0.25, 0.3) is 0 Å². The molecular weight excluding hydrogens is 295 g/mol. The van der Waals surface area contributed by atoms with Gasteiger partial charge in [0.2, 0.25) is 0 Å². The van der Waals surface area contributed by atoms with Crippen molar-refractivity contribution in [1.29, 1.82) is 0 Å². The zero-order valence-electron chi connectivity index (χ0n) is 11.7. The van der Waals surface area contributed by atoms with Gasteiger partial charge < -0.3 is 10.8 Å². The number of halogens is 2. The maximum Gasteiger partial charge on any atom is 0.0640 e. The second kappa shape index (κ2) is 7.10. The van der Waals surface area contributed by atoms with Gasteiger partial charge in [-0.25, -0.2) is 0 Å². The van der Waals surface area contributed by atoms with E-state index in [0.29, 0.717) is 16.0 Å². The van der Waals surface area contributed by atoms with Crippen LogP contribution in [0.4, 0.5) is 0 Å². The molecule has 1 saturated heterocycles. The summed E-state index contributed by atoms with van der Waals surface area (Å²) in [7, 11) is 0. The molecule has 0 saturated carbocycles. The molecule has 0 spiro atoms. The lowest BCUT2D eigenvalue weighted by molar-refractivity contribution is 0.136. The van der Waals surface area contributed by atoms with Crippen LogP contribution in [0, 0.1) is 5.92 Å². The predicted octanol–water partition coefficient (Wildman–Crippen LogP) is 3.09. The molecule has 0 amide bonds. The monoisotopic (exact) mass is 316 g/mol. The molecule has 1 aliphatic heterocycles. The molecule has 0 aromatic heterocycles. The average molecular weight is 317 g/mol. The van der Waals surface area contributed by atoms with Gasteiger partial charge in [-0.15, -0.1) is 0 Å². The summed E-state index contributed by atoms with van der Waals surface area (Å²) in [5.41, 5.74) is 7.13. The minimum atomic E-state index is -0.128. The number of nitrogens with zero attached hydrogens (tertiary/aromatic N) is 1. The third kappa shape index (κ3) is 3.46. The maximum absolute atomic E-state index is 9.46. The molecule has 3 nitrogen and oxygen atoms in total. The molecular formula is C15H22Cl2N2O. The van der Waals surface area contributed by atoms with Gasteiger partial charge in [0.05, 0.1) is 16.7 Å². The highest BCUT2D eigenvalue weighted by Gasteiger charge is 2.30. The van der Waals surface area contributed by atoms with Crippen molar-refractivity contribution in [2.75, 3.05) is 19.7 Å². The first-order chi connectivity index (χ1) is 9.54. The fraction of sp³-hybridized carbons (Fsp3) is 0.600. The van der Waals surface area contributed by atoms with Crippen molar-refractivity contribution in [1.82, 2.24) is 4.90 Å². The van der Waals surface area contributed by atoms with E-state index >= 15 is 0 Å². The van der Waals surface area contributed by atoms with E-state index in [4.69, 9.17) is 28.9 Å². The van der Waals surface area contributed by atoms with Gasteiger partial charge in [0.25, 0.3) is 0 Å². The third-order valence-corrected chi connectivity index (χ3v) is 5.13. The van der Waals surface area contributed by atoms with Crippen molar-refractivity contribution in [2.24, 2.45) is 11.7 Å². The number of hydrogen-bond donors (Lipinski definition) is 2. The van der Waals surface area contributed by atoms with E-state index in [2.05, 4.69) is 11.8 Å². The van der Waals surface area contributed by atoms with Crippen LogP contribution in [0.5, 0.6) is 0 Å². The molecule has 3 unspecified atom stereocenters. The van der Waals surface area contributed by atoms with Crippen molar-refractivity contribution in [3.05, 3.63) is 33.8 Å². The third-order valence-electron chi connectivity index (χ3n) is 4.29. The van der Waals surface area contributed by atoms with Crippen LogP contribution in [0.3, 0.4) is 0 Å². The molecule has 1 heterocycles. The number of hydrogen-bond acceptors (Lipinski definition) is 3. The predicted molar refractivity (Wildman–Crippen MR) is 84.2 cm³/mol. The minimum Gasteiger partial charge on any atom is -0.395 e. The molecule has 3 N–H and O–H groups in total. The molecule has 5 heteroatoms. The smallest absolute Gasteiger partial charge is 0.0640 e. The lowest BCUT2D eigenvalue weighted by atomic mass is 10.0. The number of likely N-dealkylation sites (tertiary alicyclic amines) is 1. The molecule has 2 rings (SSSR count). The number of benzene rings is 1. The minimum absolute atomic E-state index is 0.128. The summed E-state index contributed by atoms with van der Waals surface area (Å²) in [5.74, 6) is 0.547. The van der Waals surface area contributed by atoms with Crippen LogP contribution >= 0.6 is 23.2 Å². The molecule has 3 atom stereocenters. The van der Waals surface area contributed by atoms with Gasteiger partial charge in [-0.3, -0.25) is 4.90 Å². The summed E-state index contributed by atoms with van der Waals surface area (Å²) in [5, 5.41) is 10.6. The van der Waals surface area contributed by atoms with E-state index in [1.54, 1.807) is 6.07 Å². The zero-order chi connectivity index (χ0) is 14.7. The maximum atomic E-state index is 9.46. The van der Waals surface area contributed by atoms with Crippen LogP contribution in [0.2, 0.25) is 10.0 Å². The molecule has 1 aliphatic rings. The summed E-state index contributed by atoms with van der Waals surface area (Å²) in [6.07, 6.45) is 1.95. The van der Waals surface area contributed by atoms with Crippen LogP contribution < -0.4 is 5.73 Å². The van der Waals surface area contributed by atoms with Crippen LogP contribution in [-0.4, -0.2) is 35.7 Å². The van der Waals surface area contributed by atoms with Gasteiger partial charge in [0.1, 0.15) is 0 Å². The second-order valence-electron chi connectivity index (χ2n) is 5.59. The average Bonchev–Trinajstić information content (AvgIpc) is 2.79. The lowest BCUT2D eigenvalue weighted by Crippen LogP contribution is -2.36. The molecule has 20 heavy (non-hydrogen) atoms. The van der Waals surface area contributed by atoms with Crippen LogP contribution in [0.15, 0.2) is 18.2 Å². The van der Waals surface area contributed by atoms with E-state index in [9.17, 15) is 5.11 Å². The Morgan fingerprint density at radius 2 is 2.20 bits per heavy atom. The van der Waals surface area contributed by atoms with E-state index < -0.39 is 0 Å². The van der Waals surface area contributed by atoms with Gasteiger partial charge in [-0.1, -0.05) is 42.3 Å².